The van der Waals surface area contributed by atoms with Crippen molar-refractivity contribution in [2.75, 3.05) is 0 Å². The molecule has 43 heavy (non-hydrogen) atoms. The van der Waals surface area contributed by atoms with Gasteiger partial charge in [-0.2, -0.15) is 43.2 Å². The molecule has 3 aromatic rings. The van der Waals surface area contributed by atoms with Gasteiger partial charge in [-0.3, -0.25) is 0 Å². The molecule has 0 fully saturated rings. The molecule has 0 N–H and O–H groups in total. The Morgan fingerprint density at radius 3 is 1.56 bits per heavy atom. The average molecular weight is 653 g/mol. The molecule has 9 nitrogen and oxygen atoms in total. The van der Waals surface area contributed by atoms with Crippen LogP contribution in [0.1, 0.15) is 53.4 Å². The molecule has 1 spiro atoms. The van der Waals surface area contributed by atoms with Crippen molar-refractivity contribution in [3.8, 4) is 23.0 Å². The van der Waals surface area contributed by atoms with Crippen molar-refractivity contribution in [2.45, 2.75) is 42.8 Å². The molecule has 0 amide bonds. The first-order chi connectivity index (χ1) is 19.6. The highest BCUT2D eigenvalue weighted by molar-refractivity contribution is 7.88. The van der Waals surface area contributed by atoms with E-state index in [1.807, 2.05) is 20.8 Å². The topological polar surface area (TPSA) is 122 Å². The molecule has 2 heterocycles. The van der Waals surface area contributed by atoms with Crippen LogP contribution in [-0.2, 0) is 36.0 Å². The number of hydrogen-bond acceptors (Lipinski definition) is 9. The van der Waals surface area contributed by atoms with E-state index in [1.165, 1.54) is 6.07 Å². The summed E-state index contributed by atoms with van der Waals surface area (Å²) in [4.78, 5) is 13.1. The molecule has 0 atom stereocenters. The number of alkyl halides is 6. The average Bonchev–Trinajstić information content (AvgIpc) is 3.13. The number of carbonyl (C=O) groups is 1. The van der Waals surface area contributed by atoms with Crippen LogP contribution >= 0.6 is 0 Å². The van der Waals surface area contributed by atoms with Gasteiger partial charge in [0.25, 0.3) is 0 Å². The number of halogens is 6. The van der Waals surface area contributed by atoms with Crippen LogP contribution in [0, 0.1) is 0 Å². The number of hydrogen-bond donors (Lipinski definition) is 0. The number of esters is 1. The summed E-state index contributed by atoms with van der Waals surface area (Å²) >= 11 is 0. The second-order valence-electron chi connectivity index (χ2n) is 10.5. The van der Waals surface area contributed by atoms with Crippen LogP contribution in [0.3, 0.4) is 0 Å². The van der Waals surface area contributed by atoms with Gasteiger partial charge in [0.2, 0.25) is 0 Å². The van der Waals surface area contributed by atoms with Crippen LogP contribution in [0.2, 0.25) is 0 Å². The highest BCUT2D eigenvalue weighted by Gasteiger charge is 2.55. The van der Waals surface area contributed by atoms with Crippen LogP contribution in [-0.4, -0.2) is 33.8 Å². The summed E-state index contributed by atoms with van der Waals surface area (Å²) in [6.45, 7) is 5.63. The van der Waals surface area contributed by atoms with Crippen LogP contribution in [0.5, 0.6) is 23.0 Å². The minimum absolute atomic E-state index is 0.00787. The summed E-state index contributed by atoms with van der Waals surface area (Å²) in [7, 11) is -12.2. The van der Waals surface area contributed by atoms with E-state index in [4.69, 9.17) is 9.47 Å². The molecule has 0 radical (unpaired) electrons. The summed E-state index contributed by atoms with van der Waals surface area (Å²) in [6, 6.07) is 10.2. The van der Waals surface area contributed by atoms with Gasteiger partial charge in [0, 0.05) is 28.8 Å². The third-order valence-corrected chi connectivity index (χ3v) is 8.55. The van der Waals surface area contributed by atoms with Crippen molar-refractivity contribution in [1.29, 1.82) is 0 Å². The van der Waals surface area contributed by atoms with E-state index >= 15 is 0 Å². The second kappa shape index (κ2) is 9.25. The van der Waals surface area contributed by atoms with Crippen molar-refractivity contribution in [3.63, 3.8) is 0 Å². The quantitative estimate of drug-likeness (QED) is 0.144. The van der Waals surface area contributed by atoms with Crippen LogP contribution in [0.15, 0.2) is 54.6 Å². The molecule has 0 aliphatic carbocycles. The Balaban J connectivity index is 1.75. The molecule has 0 aromatic heterocycles. The van der Waals surface area contributed by atoms with Gasteiger partial charge in [-0.1, -0.05) is 26.8 Å². The number of fused-ring (bicyclic) bond motifs is 6. The van der Waals surface area contributed by atoms with Crippen molar-refractivity contribution in [2.24, 2.45) is 0 Å². The normalized spacial score (nSPS) is 16.1. The van der Waals surface area contributed by atoms with E-state index in [0.29, 0.717) is 5.56 Å². The lowest BCUT2D eigenvalue weighted by molar-refractivity contribution is -0.0504. The van der Waals surface area contributed by atoms with E-state index in [-0.39, 0.29) is 22.3 Å². The number of rotatable bonds is 4. The predicted octanol–water partition coefficient (Wildman–Crippen LogP) is 6.01. The molecule has 230 valence electrons. The minimum atomic E-state index is -6.12. The van der Waals surface area contributed by atoms with Gasteiger partial charge in [-0.05, 0) is 47.4 Å². The maximum atomic E-state index is 13.1. The van der Waals surface area contributed by atoms with Gasteiger partial charge >= 0.3 is 37.2 Å². The van der Waals surface area contributed by atoms with Crippen LogP contribution < -0.4 is 13.1 Å². The number of benzene rings is 3. The Kier molecular flexibility index (Phi) is 6.56. The Hall–Kier alpha value is -3.99. The lowest BCUT2D eigenvalue weighted by Crippen LogP contribution is -2.33. The first-order valence-electron chi connectivity index (χ1n) is 11.9. The Bertz CT molecular complexity index is 1800. The fraction of sp³-hybridized carbons (Fsp3) is 0.269. The zero-order valence-electron chi connectivity index (χ0n) is 22.0. The van der Waals surface area contributed by atoms with Gasteiger partial charge in [0.15, 0.2) is 5.60 Å². The molecule has 2 aliphatic heterocycles. The van der Waals surface area contributed by atoms with E-state index in [2.05, 4.69) is 8.37 Å². The SMILES string of the molecule is CC(C)(C)c1ccc2c(c1)C1(OC2=O)c2ccc(OS(=O)(=O)C(F)(F)F)cc2Oc2cc(OS(=O)(=O)C(F)(F)F)ccc21. The Morgan fingerprint density at radius 1 is 0.674 bits per heavy atom. The largest absolute Gasteiger partial charge is 0.534 e. The first-order valence-corrected chi connectivity index (χ1v) is 14.8. The fourth-order valence-corrected chi connectivity index (χ4v) is 5.50. The predicted molar refractivity (Wildman–Crippen MR) is 135 cm³/mol. The standard InChI is InChI=1S/C26H18F6O9S2/c1-23(2,3)13-4-7-16-19(10-13)24(39-22(16)33)17-8-5-14(40-42(34,35)25(27,28)29)11-20(17)38-21-12-15(6-9-18(21)24)41-43(36,37)26(30,31)32/h4-12H,1-3H3. The van der Waals surface area contributed by atoms with E-state index in [1.54, 1.807) is 12.1 Å². The highest BCUT2D eigenvalue weighted by Crippen LogP contribution is 2.57. The first kappa shape index (κ1) is 30.5. The number of ether oxygens (including phenoxy) is 2. The zero-order chi connectivity index (χ0) is 32.0. The summed E-state index contributed by atoms with van der Waals surface area (Å²) in [5, 5.41) is 0. The summed E-state index contributed by atoms with van der Waals surface area (Å²) < 4.78 is 144. The van der Waals surface area contributed by atoms with Gasteiger partial charge in [-0.15, -0.1) is 0 Å². The second-order valence-corrected chi connectivity index (χ2v) is 13.5. The lowest BCUT2D eigenvalue weighted by atomic mass is 9.75. The molecule has 0 saturated carbocycles. The van der Waals surface area contributed by atoms with Crippen molar-refractivity contribution in [1.82, 2.24) is 0 Å². The summed E-state index contributed by atoms with van der Waals surface area (Å²) in [5.41, 5.74) is -12.9. The van der Waals surface area contributed by atoms with Crippen molar-refractivity contribution >= 4 is 26.2 Å². The van der Waals surface area contributed by atoms with Crippen molar-refractivity contribution < 1.29 is 65.8 Å². The van der Waals surface area contributed by atoms with Gasteiger partial charge in [-0.25, -0.2) is 4.79 Å². The third-order valence-electron chi connectivity index (χ3n) is 6.59. The monoisotopic (exact) mass is 652 g/mol. The minimum Gasteiger partial charge on any atom is -0.456 e. The maximum Gasteiger partial charge on any atom is 0.534 e. The number of carbonyl (C=O) groups excluding carboxylic acids is 1. The molecule has 5 rings (SSSR count). The van der Waals surface area contributed by atoms with Gasteiger partial charge < -0.3 is 17.8 Å². The molecule has 3 aromatic carbocycles. The molecule has 2 aliphatic rings. The maximum absolute atomic E-state index is 13.1. The molecule has 0 bridgehead atoms. The van der Waals surface area contributed by atoms with Crippen molar-refractivity contribution in [3.05, 3.63) is 82.4 Å². The summed E-state index contributed by atoms with van der Waals surface area (Å²) in [6.07, 6.45) is 0. The van der Waals surface area contributed by atoms with Gasteiger partial charge in [0.1, 0.15) is 23.0 Å². The van der Waals surface area contributed by atoms with E-state index in [9.17, 15) is 48.0 Å². The lowest BCUT2D eigenvalue weighted by Gasteiger charge is -2.37. The third kappa shape index (κ3) is 4.93. The molecule has 0 unspecified atom stereocenters. The fourth-order valence-electron chi connectivity index (χ4n) is 4.60. The van der Waals surface area contributed by atoms with E-state index < -0.39 is 71.2 Å². The van der Waals surface area contributed by atoms with Crippen LogP contribution in [0.25, 0.3) is 0 Å². The Morgan fingerprint density at radius 2 is 1.14 bits per heavy atom. The molecular formula is C26H18F6O9S2. The van der Waals surface area contributed by atoms with Gasteiger partial charge in [0.05, 0.1) is 5.56 Å². The summed E-state index contributed by atoms with van der Waals surface area (Å²) in [5.74, 6) is -3.40. The smallest absolute Gasteiger partial charge is 0.456 e. The highest BCUT2D eigenvalue weighted by atomic mass is 32.2. The van der Waals surface area contributed by atoms with Crippen LogP contribution in [0.4, 0.5) is 26.3 Å². The van der Waals surface area contributed by atoms with E-state index in [0.717, 1.165) is 36.4 Å². The molecule has 17 heteroatoms. The Labute approximate surface area is 240 Å². The molecule has 0 saturated heterocycles. The zero-order valence-corrected chi connectivity index (χ0v) is 23.6. The molecular weight excluding hydrogens is 634 g/mol.